The molecule has 1 N–H and O–H groups in total. The lowest BCUT2D eigenvalue weighted by molar-refractivity contribution is 0.0899. The number of carbonyl (C=O) groups is 1. The summed E-state index contributed by atoms with van der Waals surface area (Å²) < 4.78 is 11.3. The first-order valence-electron chi connectivity index (χ1n) is 6.86. The van der Waals surface area contributed by atoms with E-state index in [-0.39, 0.29) is 24.3 Å². The van der Waals surface area contributed by atoms with Crippen molar-refractivity contribution in [2.24, 2.45) is 0 Å². The Morgan fingerprint density at radius 2 is 2.22 bits per heavy atom. The summed E-state index contributed by atoms with van der Waals surface area (Å²) in [6.07, 6.45) is 0. The van der Waals surface area contributed by atoms with E-state index in [9.17, 15) is 9.59 Å². The second kappa shape index (κ2) is 5.88. The van der Waals surface area contributed by atoms with Gasteiger partial charge in [-0.1, -0.05) is 16.8 Å². The lowest BCUT2D eigenvalue weighted by Crippen LogP contribution is -2.30. The van der Waals surface area contributed by atoms with Gasteiger partial charge in [0.1, 0.15) is 0 Å². The van der Waals surface area contributed by atoms with Gasteiger partial charge in [-0.2, -0.15) is 4.98 Å². The SMILES string of the molecule is CC(C)NC(=O)c1nc(Cn2c(=O)oc3ccc(Cl)cc32)no1. The number of nitrogens with one attached hydrogen (secondary N) is 1. The van der Waals surface area contributed by atoms with E-state index in [1.54, 1.807) is 18.2 Å². The normalized spacial score (nSPS) is 11.3. The van der Waals surface area contributed by atoms with Crippen molar-refractivity contribution < 1.29 is 13.7 Å². The van der Waals surface area contributed by atoms with Crippen molar-refractivity contribution in [2.45, 2.75) is 26.4 Å². The van der Waals surface area contributed by atoms with Crippen LogP contribution in [-0.2, 0) is 6.54 Å². The van der Waals surface area contributed by atoms with Crippen LogP contribution in [0.2, 0.25) is 5.02 Å². The molecule has 0 spiro atoms. The highest BCUT2D eigenvalue weighted by Gasteiger charge is 2.18. The molecular formula is C14H13ClN4O4. The predicted molar refractivity (Wildman–Crippen MR) is 81.5 cm³/mol. The first kappa shape index (κ1) is 15.3. The number of rotatable bonds is 4. The summed E-state index contributed by atoms with van der Waals surface area (Å²) in [7, 11) is 0. The van der Waals surface area contributed by atoms with Crippen LogP contribution in [0.15, 0.2) is 31.9 Å². The summed E-state index contributed by atoms with van der Waals surface area (Å²) in [6.45, 7) is 3.64. The van der Waals surface area contributed by atoms with Crippen LogP contribution in [0.25, 0.3) is 11.1 Å². The number of oxazole rings is 1. The number of nitrogens with zero attached hydrogens (tertiary/aromatic N) is 3. The summed E-state index contributed by atoms with van der Waals surface area (Å²) in [5.41, 5.74) is 0.918. The number of carbonyl (C=O) groups excluding carboxylic acids is 1. The zero-order valence-corrected chi connectivity index (χ0v) is 13.1. The summed E-state index contributed by atoms with van der Waals surface area (Å²) in [4.78, 5) is 27.7. The molecule has 3 rings (SSSR count). The number of halogens is 1. The molecular weight excluding hydrogens is 324 g/mol. The topological polar surface area (TPSA) is 103 Å². The van der Waals surface area contributed by atoms with E-state index in [0.717, 1.165) is 0 Å². The molecule has 0 bridgehead atoms. The molecule has 0 unspecified atom stereocenters. The quantitative estimate of drug-likeness (QED) is 0.779. The molecule has 0 fully saturated rings. The maximum Gasteiger partial charge on any atom is 0.420 e. The van der Waals surface area contributed by atoms with Gasteiger partial charge in [-0.05, 0) is 32.0 Å². The molecule has 0 aliphatic heterocycles. The Morgan fingerprint density at radius 3 is 2.96 bits per heavy atom. The molecule has 0 aliphatic carbocycles. The molecule has 23 heavy (non-hydrogen) atoms. The van der Waals surface area contributed by atoms with Crippen molar-refractivity contribution in [1.29, 1.82) is 0 Å². The Kier molecular flexibility index (Phi) is 3.91. The van der Waals surface area contributed by atoms with Gasteiger partial charge < -0.3 is 14.3 Å². The predicted octanol–water partition coefficient (Wildman–Crippen LogP) is 1.82. The third-order valence-corrected chi connectivity index (χ3v) is 3.25. The van der Waals surface area contributed by atoms with E-state index < -0.39 is 11.7 Å². The Morgan fingerprint density at radius 1 is 1.43 bits per heavy atom. The molecule has 0 saturated carbocycles. The largest absolute Gasteiger partial charge is 0.420 e. The zero-order valence-electron chi connectivity index (χ0n) is 12.4. The van der Waals surface area contributed by atoms with Gasteiger partial charge >= 0.3 is 17.6 Å². The van der Waals surface area contributed by atoms with Gasteiger partial charge in [-0.3, -0.25) is 9.36 Å². The van der Waals surface area contributed by atoms with Gasteiger partial charge in [0.2, 0.25) is 0 Å². The molecule has 9 heteroatoms. The monoisotopic (exact) mass is 336 g/mol. The summed E-state index contributed by atoms with van der Waals surface area (Å²) >= 11 is 5.94. The molecule has 3 aromatic rings. The summed E-state index contributed by atoms with van der Waals surface area (Å²) in [6, 6.07) is 4.78. The van der Waals surface area contributed by atoms with Crippen molar-refractivity contribution in [2.75, 3.05) is 0 Å². The molecule has 0 atom stereocenters. The fourth-order valence-electron chi connectivity index (χ4n) is 2.06. The van der Waals surface area contributed by atoms with E-state index in [1.165, 1.54) is 4.57 Å². The molecule has 1 aromatic carbocycles. The van der Waals surface area contributed by atoms with Crippen LogP contribution < -0.4 is 11.1 Å². The summed E-state index contributed by atoms with van der Waals surface area (Å²) in [5.74, 6) is -1.01. The number of hydrogen-bond acceptors (Lipinski definition) is 6. The fourth-order valence-corrected chi connectivity index (χ4v) is 2.23. The molecule has 2 heterocycles. The third kappa shape index (κ3) is 3.11. The van der Waals surface area contributed by atoms with Crippen LogP contribution in [0.5, 0.6) is 0 Å². The minimum atomic E-state index is -0.569. The average Bonchev–Trinajstić information content (AvgIpc) is 3.05. The number of benzene rings is 1. The third-order valence-electron chi connectivity index (χ3n) is 3.01. The highest BCUT2D eigenvalue weighted by molar-refractivity contribution is 6.31. The number of fused-ring (bicyclic) bond motifs is 1. The minimum absolute atomic E-state index is 0.00460. The molecule has 120 valence electrons. The van der Waals surface area contributed by atoms with Crippen molar-refractivity contribution in [1.82, 2.24) is 20.0 Å². The fraction of sp³-hybridized carbons (Fsp3) is 0.286. The van der Waals surface area contributed by atoms with E-state index in [2.05, 4.69) is 15.5 Å². The lowest BCUT2D eigenvalue weighted by Gasteiger charge is -2.03. The van der Waals surface area contributed by atoms with Gasteiger partial charge in [0.05, 0.1) is 12.1 Å². The van der Waals surface area contributed by atoms with Crippen LogP contribution in [-0.4, -0.2) is 26.7 Å². The van der Waals surface area contributed by atoms with Gasteiger partial charge in [-0.15, -0.1) is 0 Å². The van der Waals surface area contributed by atoms with Gasteiger partial charge in [-0.25, -0.2) is 4.79 Å². The Hall–Kier alpha value is -2.61. The Balaban J connectivity index is 1.90. The maximum atomic E-state index is 11.9. The van der Waals surface area contributed by atoms with Crippen LogP contribution >= 0.6 is 11.6 Å². The first-order chi connectivity index (χ1) is 10.9. The van der Waals surface area contributed by atoms with Gasteiger partial charge in [0.15, 0.2) is 11.4 Å². The zero-order chi connectivity index (χ0) is 16.6. The van der Waals surface area contributed by atoms with Crippen LogP contribution in [0.1, 0.15) is 30.4 Å². The van der Waals surface area contributed by atoms with Gasteiger partial charge in [0, 0.05) is 11.1 Å². The van der Waals surface area contributed by atoms with Crippen molar-refractivity contribution in [3.8, 4) is 0 Å². The first-order valence-corrected chi connectivity index (χ1v) is 7.24. The minimum Gasteiger partial charge on any atom is -0.408 e. The Labute approximate surface area is 135 Å². The molecule has 1 amide bonds. The molecule has 0 aliphatic rings. The van der Waals surface area contributed by atoms with E-state index in [4.69, 9.17) is 20.5 Å². The van der Waals surface area contributed by atoms with Crippen molar-refractivity contribution in [3.05, 3.63) is 45.5 Å². The standard InChI is InChI=1S/C14H13ClN4O4/c1-7(2)16-12(20)13-17-11(18-23-13)6-19-9-5-8(15)3-4-10(9)22-14(19)21/h3-5,7H,6H2,1-2H3,(H,16,20). The highest BCUT2D eigenvalue weighted by atomic mass is 35.5. The Bertz CT molecular complexity index is 924. The number of hydrogen-bond donors (Lipinski definition) is 1. The molecule has 2 aromatic heterocycles. The second-order valence-electron chi connectivity index (χ2n) is 5.21. The second-order valence-corrected chi connectivity index (χ2v) is 5.65. The number of aromatic nitrogens is 3. The number of amides is 1. The van der Waals surface area contributed by atoms with E-state index >= 15 is 0 Å². The highest BCUT2D eigenvalue weighted by Crippen LogP contribution is 2.18. The molecule has 0 radical (unpaired) electrons. The van der Waals surface area contributed by atoms with Crippen LogP contribution in [0, 0.1) is 0 Å². The van der Waals surface area contributed by atoms with Crippen LogP contribution in [0.3, 0.4) is 0 Å². The van der Waals surface area contributed by atoms with Crippen LogP contribution in [0.4, 0.5) is 0 Å². The average molecular weight is 337 g/mol. The summed E-state index contributed by atoms with van der Waals surface area (Å²) in [5, 5.41) is 6.82. The molecule has 8 nitrogen and oxygen atoms in total. The smallest absolute Gasteiger partial charge is 0.408 e. The van der Waals surface area contributed by atoms with E-state index in [0.29, 0.717) is 16.1 Å². The van der Waals surface area contributed by atoms with Crippen molar-refractivity contribution >= 4 is 28.6 Å². The van der Waals surface area contributed by atoms with Crippen molar-refractivity contribution in [3.63, 3.8) is 0 Å². The molecule has 0 saturated heterocycles. The maximum absolute atomic E-state index is 11.9. The van der Waals surface area contributed by atoms with E-state index in [1.807, 2.05) is 13.8 Å². The van der Waals surface area contributed by atoms with Gasteiger partial charge in [0.25, 0.3) is 0 Å². The lowest BCUT2D eigenvalue weighted by atomic mass is 10.3.